The number of rotatable bonds is 2. The number of nitrogens with one attached hydrogen (secondary N) is 1. The average molecular weight is 266 g/mol. The van der Waals surface area contributed by atoms with Gasteiger partial charge in [-0.1, -0.05) is 24.3 Å². The summed E-state index contributed by atoms with van der Waals surface area (Å²) in [5, 5.41) is 3.05. The van der Waals surface area contributed by atoms with Crippen LogP contribution in [0.4, 0.5) is 11.4 Å². The lowest BCUT2D eigenvalue weighted by Crippen LogP contribution is -2.30. The summed E-state index contributed by atoms with van der Waals surface area (Å²) < 4.78 is 0. The zero-order chi connectivity index (χ0) is 14.3. The molecule has 102 valence electrons. The van der Waals surface area contributed by atoms with Gasteiger partial charge < -0.3 is 11.1 Å². The third-order valence-corrected chi connectivity index (χ3v) is 3.97. The number of hydrogen-bond donors (Lipinski definition) is 2. The zero-order valence-corrected chi connectivity index (χ0v) is 11.7. The molecule has 1 amide bonds. The second-order valence-corrected chi connectivity index (χ2v) is 5.47. The smallest absolute Gasteiger partial charge is 0.232 e. The summed E-state index contributed by atoms with van der Waals surface area (Å²) in [7, 11) is 0. The van der Waals surface area contributed by atoms with Gasteiger partial charge in [-0.15, -0.1) is 0 Å². The summed E-state index contributed by atoms with van der Waals surface area (Å²) in [6, 6.07) is 11.9. The van der Waals surface area contributed by atoms with Crippen LogP contribution in [-0.4, -0.2) is 5.91 Å². The van der Waals surface area contributed by atoms with Crippen molar-refractivity contribution in [1.29, 1.82) is 0 Å². The van der Waals surface area contributed by atoms with Crippen molar-refractivity contribution in [2.45, 2.75) is 26.2 Å². The maximum Gasteiger partial charge on any atom is 0.232 e. The zero-order valence-electron chi connectivity index (χ0n) is 11.7. The number of nitrogen functional groups attached to an aromatic ring is 1. The number of hydrogen-bond acceptors (Lipinski definition) is 2. The predicted octanol–water partition coefficient (Wildman–Crippen LogP) is 3.16. The topological polar surface area (TPSA) is 55.1 Å². The minimum atomic E-state index is -0.0254. The Morgan fingerprint density at radius 1 is 1.20 bits per heavy atom. The van der Waals surface area contributed by atoms with Crippen LogP contribution in [0.25, 0.3) is 0 Å². The van der Waals surface area contributed by atoms with Crippen LogP contribution in [0, 0.1) is 13.8 Å². The Labute approximate surface area is 118 Å². The van der Waals surface area contributed by atoms with E-state index in [1.54, 1.807) is 0 Å². The van der Waals surface area contributed by atoms with Crippen LogP contribution in [0.1, 0.15) is 28.2 Å². The standard InChI is InChI=1S/C17H18N2O/c1-10-7-13(18)8-11(2)16(10)19-17(20)15-9-12-5-3-4-6-14(12)15/h3-8,15H,9,18H2,1-2H3,(H,19,20). The molecule has 0 aromatic heterocycles. The molecule has 1 aliphatic carbocycles. The first kappa shape index (κ1) is 12.7. The molecule has 1 unspecified atom stereocenters. The number of amides is 1. The highest BCUT2D eigenvalue weighted by atomic mass is 16.1. The van der Waals surface area contributed by atoms with Crippen LogP contribution in [0.15, 0.2) is 36.4 Å². The molecular weight excluding hydrogens is 248 g/mol. The van der Waals surface area contributed by atoms with E-state index in [9.17, 15) is 4.79 Å². The number of carbonyl (C=O) groups is 1. The summed E-state index contributed by atoms with van der Waals surface area (Å²) >= 11 is 0. The number of aryl methyl sites for hydroxylation is 2. The normalized spacial score (nSPS) is 16.2. The van der Waals surface area contributed by atoms with Crippen molar-refractivity contribution in [2.24, 2.45) is 0 Å². The highest BCUT2D eigenvalue weighted by molar-refractivity contribution is 5.99. The molecule has 2 aromatic rings. The van der Waals surface area contributed by atoms with E-state index in [1.165, 1.54) is 5.56 Å². The Morgan fingerprint density at radius 2 is 1.85 bits per heavy atom. The van der Waals surface area contributed by atoms with Crippen LogP contribution >= 0.6 is 0 Å². The monoisotopic (exact) mass is 266 g/mol. The fraction of sp³-hybridized carbons (Fsp3) is 0.235. The van der Waals surface area contributed by atoms with Crippen molar-refractivity contribution in [2.75, 3.05) is 11.1 Å². The molecular formula is C17H18N2O. The van der Waals surface area contributed by atoms with Crippen molar-refractivity contribution in [1.82, 2.24) is 0 Å². The van der Waals surface area contributed by atoms with Gasteiger partial charge in [-0.05, 0) is 54.7 Å². The molecule has 2 aromatic carbocycles. The predicted molar refractivity (Wildman–Crippen MR) is 81.8 cm³/mol. The maximum absolute atomic E-state index is 12.4. The Kier molecular flexibility index (Phi) is 2.97. The summed E-state index contributed by atoms with van der Waals surface area (Å²) in [6.45, 7) is 3.93. The van der Waals surface area contributed by atoms with E-state index in [1.807, 2.05) is 44.2 Å². The molecule has 0 saturated carbocycles. The summed E-state index contributed by atoms with van der Waals surface area (Å²) in [5.41, 5.74) is 11.8. The molecule has 3 nitrogen and oxygen atoms in total. The van der Waals surface area contributed by atoms with Gasteiger partial charge in [-0.3, -0.25) is 4.79 Å². The van der Waals surface area contributed by atoms with Gasteiger partial charge in [-0.25, -0.2) is 0 Å². The van der Waals surface area contributed by atoms with Gasteiger partial charge in [0.15, 0.2) is 0 Å². The van der Waals surface area contributed by atoms with E-state index in [0.29, 0.717) is 0 Å². The van der Waals surface area contributed by atoms with Gasteiger partial charge >= 0.3 is 0 Å². The molecule has 0 fully saturated rings. The summed E-state index contributed by atoms with van der Waals surface area (Å²) in [4.78, 5) is 12.4. The Bertz CT molecular complexity index is 668. The van der Waals surface area contributed by atoms with E-state index >= 15 is 0 Å². The lowest BCUT2D eigenvalue weighted by Gasteiger charge is -2.29. The quantitative estimate of drug-likeness (QED) is 0.820. The van der Waals surface area contributed by atoms with Crippen molar-refractivity contribution in [3.05, 3.63) is 58.7 Å². The molecule has 0 aliphatic heterocycles. The van der Waals surface area contributed by atoms with Crippen molar-refractivity contribution < 1.29 is 4.79 Å². The molecule has 0 saturated heterocycles. The van der Waals surface area contributed by atoms with Gasteiger partial charge in [-0.2, -0.15) is 0 Å². The molecule has 20 heavy (non-hydrogen) atoms. The highest BCUT2D eigenvalue weighted by Gasteiger charge is 2.31. The average Bonchev–Trinajstić information content (AvgIpc) is 2.35. The van der Waals surface area contributed by atoms with Gasteiger partial charge in [0.05, 0.1) is 5.92 Å². The second kappa shape index (κ2) is 4.67. The van der Waals surface area contributed by atoms with Crippen LogP contribution < -0.4 is 11.1 Å². The molecule has 3 heteroatoms. The van der Waals surface area contributed by atoms with Gasteiger partial charge in [0.25, 0.3) is 0 Å². The van der Waals surface area contributed by atoms with Crippen molar-refractivity contribution in [3.63, 3.8) is 0 Å². The van der Waals surface area contributed by atoms with Gasteiger partial charge in [0.1, 0.15) is 0 Å². The van der Waals surface area contributed by atoms with E-state index in [4.69, 9.17) is 5.73 Å². The van der Waals surface area contributed by atoms with Gasteiger partial charge in [0, 0.05) is 11.4 Å². The fourth-order valence-electron chi connectivity index (χ4n) is 2.90. The molecule has 0 spiro atoms. The van der Waals surface area contributed by atoms with Crippen LogP contribution in [0.3, 0.4) is 0 Å². The van der Waals surface area contributed by atoms with E-state index in [0.717, 1.165) is 34.5 Å². The maximum atomic E-state index is 12.4. The Hall–Kier alpha value is -2.29. The number of carbonyl (C=O) groups excluding carboxylic acids is 1. The number of benzene rings is 2. The molecule has 0 radical (unpaired) electrons. The number of anilines is 2. The fourth-order valence-corrected chi connectivity index (χ4v) is 2.90. The minimum absolute atomic E-state index is 0.0254. The Morgan fingerprint density at radius 3 is 2.50 bits per heavy atom. The van der Waals surface area contributed by atoms with E-state index < -0.39 is 0 Å². The number of nitrogens with two attached hydrogens (primary N) is 1. The molecule has 3 rings (SSSR count). The summed E-state index contributed by atoms with van der Waals surface area (Å²) in [5.74, 6) is 0.0437. The SMILES string of the molecule is Cc1cc(N)cc(C)c1NC(=O)C1Cc2ccccc21. The highest BCUT2D eigenvalue weighted by Crippen LogP contribution is 2.36. The first-order chi connectivity index (χ1) is 9.56. The minimum Gasteiger partial charge on any atom is -0.399 e. The third-order valence-electron chi connectivity index (χ3n) is 3.97. The lowest BCUT2D eigenvalue weighted by atomic mass is 9.77. The largest absolute Gasteiger partial charge is 0.399 e. The first-order valence-corrected chi connectivity index (χ1v) is 6.81. The van der Waals surface area contributed by atoms with E-state index in [2.05, 4.69) is 11.4 Å². The van der Waals surface area contributed by atoms with Gasteiger partial charge in [0.2, 0.25) is 5.91 Å². The van der Waals surface area contributed by atoms with Crippen LogP contribution in [-0.2, 0) is 11.2 Å². The van der Waals surface area contributed by atoms with E-state index in [-0.39, 0.29) is 11.8 Å². The molecule has 0 heterocycles. The molecule has 3 N–H and O–H groups in total. The van der Waals surface area contributed by atoms with Crippen LogP contribution in [0.2, 0.25) is 0 Å². The van der Waals surface area contributed by atoms with Crippen molar-refractivity contribution in [3.8, 4) is 0 Å². The third kappa shape index (κ3) is 2.05. The Balaban J connectivity index is 1.82. The molecule has 0 bridgehead atoms. The first-order valence-electron chi connectivity index (χ1n) is 6.81. The second-order valence-electron chi connectivity index (χ2n) is 5.47. The molecule has 1 atom stereocenters. The van der Waals surface area contributed by atoms with Crippen LogP contribution in [0.5, 0.6) is 0 Å². The lowest BCUT2D eigenvalue weighted by molar-refractivity contribution is -0.118. The number of fused-ring (bicyclic) bond motifs is 1. The molecule has 1 aliphatic rings. The summed E-state index contributed by atoms with van der Waals surface area (Å²) in [6.07, 6.45) is 0.828. The van der Waals surface area contributed by atoms with Crippen molar-refractivity contribution >= 4 is 17.3 Å².